The molecule has 1 heterocycles. The molecule has 0 spiro atoms. The maximum absolute atomic E-state index is 5.85. The first-order valence-corrected chi connectivity index (χ1v) is 6.46. The summed E-state index contributed by atoms with van der Waals surface area (Å²) in [5.41, 5.74) is 1.22. The number of aromatic nitrogens is 1. The Morgan fingerprint density at radius 2 is 2.00 bits per heavy atom. The Bertz CT molecular complexity index is 502. The van der Waals surface area contributed by atoms with Crippen LogP contribution in [-0.2, 0) is 0 Å². The molecule has 0 amide bonds. The first kappa shape index (κ1) is 12.4. The molecule has 0 aliphatic carbocycles. The zero-order valence-corrected chi connectivity index (χ0v) is 11.7. The number of halogens is 2. The van der Waals surface area contributed by atoms with Gasteiger partial charge in [0.25, 0.3) is 0 Å². The smallest absolute Gasteiger partial charge is 0.140 e. The molecule has 1 aromatic heterocycles. The van der Waals surface area contributed by atoms with E-state index in [4.69, 9.17) is 11.6 Å². The maximum Gasteiger partial charge on any atom is 0.140 e. The van der Waals surface area contributed by atoms with Gasteiger partial charge in [-0.2, -0.15) is 0 Å². The van der Waals surface area contributed by atoms with Crippen LogP contribution in [0.2, 0.25) is 5.02 Å². The molecule has 1 aromatic carbocycles. The van der Waals surface area contributed by atoms with Crippen molar-refractivity contribution in [2.75, 3.05) is 5.32 Å². The van der Waals surface area contributed by atoms with E-state index in [1.807, 2.05) is 24.3 Å². The molecule has 2 nitrogen and oxygen atoms in total. The molecule has 2 rings (SSSR count). The van der Waals surface area contributed by atoms with Crippen LogP contribution in [0.25, 0.3) is 0 Å². The van der Waals surface area contributed by atoms with E-state index in [1.165, 1.54) is 5.56 Å². The van der Waals surface area contributed by atoms with Crippen LogP contribution in [0.5, 0.6) is 0 Å². The summed E-state index contributed by atoms with van der Waals surface area (Å²) in [5.74, 6) is 0.797. The summed E-state index contributed by atoms with van der Waals surface area (Å²) in [6.45, 7) is 2.10. The second kappa shape index (κ2) is 5.52. The number of anilines is 1. The first-order chi connectivity index (χ1) is 8.16. The molecule has 0 saturated carbocycles. The SMILES string of the molecule is CC(Nc1ncc(Cl)cc1Br)c1ccccc1. The van der Waals surface area contributed by atoms with Crippen LogP contribution in [-0.4, -0.2) is 4.98 Å². The molecule has 2 aromatic rings. The number of hydrogen-bond donors (Lipinski definition) is 1. The zero-order valence-electron chi connectivity index (χ0n) is 9.32. The molecule has 0 aliphatic rings. The fraction of sp³-hybridized carbons (Fsp3) is 0.154. The van der Waals surface area contributed by atoms with Crippen molar-refractivity contribution in [1.29, 1.82) is 0 Å². The molecule has 17 heavy (non-hydrogen) atoms. The van der Waals surface area contributed by atoms with E-state index < -0.39 is 0 Å². The highest BCUT2D eigenvalue weighted by Gasteiger charge is 2.08. The van der Waals surface area contributed by atoms with E-state index in [-0.39, 0.29) is 6.04 Å². The van der Waals surface area contributed by atoms with Crippen molar-refractivity contribution in [3.63, 3.8) is 0 Å². The summed E-state index contributed by atoms with van der Waals surface area (Å²) in [7, 11) is 0. The third-order valence-electron chi connectivity index (χ3n) is 2.46. The molecule has 1 N–H and O–H groups in total. The van der Waals surface area contributed by atoms with Crippen LogP contribution in [0.15, 0.2) is 47.1 Å². The quantitative estimate of drug-likeness (QED) is 0.891. The molecule has 0 fully saturated rings. The monoisotopic (exact) mass is 310 g/mol. The molecule has 1 atom stereocenters. The second-order valence-corrected chi connectivity index (χ2v) is 5.05. The van der Waals surface area contributed by atoms with Crippen LogP contribution in [0, 0.1) is 0 Å². The largest absolute Gasteiger partial charge is 0.363 e. The van der Waals surface area contributed by atoms with Crippen LogP contribution >= 0.6 is 27.5 Å². The normalized spacial score (nSPS) is 12.2. The molecule has 0 aliphatic heterocycles. The summed E-state index contributed by atoms with van der Waals surface area (Å²) in [6.07, 6.45) is 1.63. The molecule has 0 bridgehead atoms. The van der Waals surface area contributed by atoms with Gasteiger partial charge < -0.3 is 5.32 Å². The molecular formula is C13H12BrClN2. The Morgan fingerprint density at radius 1 is 1.29 bits per heavy atom. The minimum absolute atomic E-state index is 0.196. The highest BCUT2D eigenvalue weighted by Crippen LogP contribution is 2.26. The molecule has 1 unspecified atom stereocenters. The van der Waals surface area contributed by atoms with Gasteiger partial charge >= 0.3 is 0 Å². The van der Waals surface area contributed by atoms with Gasteiger partial charge in [-0.1, -0.05) is 41.9 Å². The van der Waals surface area contributed by atoms with Crippen LogP contribution in [0.4, 0.5) is 5.82 Å². The second-order valence-electron chi connectivity index (χ2n) is 3.76. The lowest BCUT2D eigenvalue weighted by Crippen LogP contribution is -2.08. The Balaban J connectivity index is 2.16. The average molecular weight is 312 g/mol. The molecule has 0 radical (unpaired) electrons. The number of pyridine rings is 1. The minimum Gasteiger partial charge on any atom is -0.363 e. The summed E-state index contributed by atoms with van der Waals surface area (Å²) < 4.78 is 0.868. The van der Waals surface area contributed by atoms with Gasteiger partial charge in [-0.3, -0.25) is 0 Å². The number of nitrogens with zero attached hydrogens (tertiary/aromatic N) is 1. The number of hydrogen-bond acceptors (Lipinski definition) is 2. The Morgan fingerprint density at radius 3 is 2.65 bits per heavy atom. The summed E-state index contributed by atoms with van der Waals surface area (Å²) >= 11 is 9.29. The fourth-order valence-corrected chi connectivity index (χ4v) is 2.30. The molecule has 0 saturated heterocycles. The highest BCUT2D eigenvalue weighted by atomic mass is 79.9. The lowest BCUT2D eigenvalue weighted by molar-refractivity contribution is 0.873. The summed E-state index contributed by atoms with van der Waals surface area (Å²) in [4.78, 5) is 4.25. The summed E-state index contributed by atoms with van der Waals surface area (Å²) in [5, 5.41) is 3.96. The van der Waals surface area contributed by atoms with Gasteiger partial charge in [0.05, 0.1) is 9.50 Å². The lowest BCUT2D eigenvalue weighted by atomic mass is 10.1. The minimum atomic E-state index is 0.196. The summed E-state index contributed by atoms with van der Waals surface area (Å²) in [6, 6.07) is 12.3. The third kappa shape index (κ3) is 3.20. The van der Waals surface area contributed by atoms with Crippen molar-refractivity contribution in [1.82, 2.24) is 4.98 Å². The van der Waals surface area contributed by atoms with Crippen molar-refractivity contribution >= 4 is 33.3 Å². The third-order valence-corrected chi connectivity index (χ3v) is 3.27. The maximum atomic E-state index is 5.85. The van der Waals surface area contributed by atoms with Crippen molar-refractivity contribution in [2.24, 2.45) is 0 Å². The van der Waals surface area contributed by atoms with Crippen molar-refractivity contribution < 1.29 is 0 Å². The van der Waals surface area contributed by atoms with E-state index in [0.717, 1.165) is 10.3 Å². The zero-order chi connectivity index (χ0) is 12.3. The number of rotatable bonds is 3. The van der Waals surface area contributed by atoms with Crippen LogP contribution in [0.1, 0.15) is 18.5 Å². The van der Waals surface area contributed by atoms with E-state index in [1.54, 1.807) is 6.20 Å². The van der Waals surface area contributed by atoms with Gasteiger partial charge in [0, 0.05) is 12.2 Å². The number of benzene rings is 1. The van der Waals surface area contributed by atoms with Gasteiger partial charge in [-0.25, -0.2) is 4.98 Å². The lowest BCUT2D eigenvalue weighted by Gasteiger charge is -2.15. The van der Waals surface area contributed by atoms with Crippen molar-refractivity contribution in [3.8, 4) is 0 Å². The predicted molar refractivity (Wildman–Crippen MR) is 75.4 cm³/mol. The van der Waals surface area contributed by atoms with Crippen LogP contribution in [0.3, 0.4) is 0 Å². The van der Waals surface area contributed by atoms with Gasteiger partial charge in [-0.15, -0.1) is 0 Å². The molecular weight excluding hydrogens is 300 g/mol. The Labute approximate surface area is 114 Å². The molecule has 4 heteroatoms. The number of nitrogens with one attached hydrogen (secondary N) is 1. The first-order valence-electron chi connectivity index (χ1n) is 5.29. The van der Waals surface area contributed by atoms with Gasteiger partial charge in [0.2, 0.25) is 0 Å². The van der Waals surface area contributed by atoms with Gasteiger partial charge in [0.15, 0.2) is 0 Å². The topological polar surface area (TPSA) is 24.9 Å². The van der Waals surface area contributed by atoms with Crippen LogP contribution < -0.4 is 5.32 Å². The van der Waals surface area contributed by atoms with E-state index in [2.05, 4.69) is 45.3 Å². The Kier molecular flexibility index (Phi) is 4.02. The highest BCUT2D eigenvalue weighted by molar-refractivity contribution is 9.10. The van der Waals surface area contributed by atoms with E-state index in [0.29, 0.717) is 5.02 Å². The fourth-order valence-electron chi connectivity index (χ4n) is 1.55. The van der Waals surface area contributed by atoms with E-state index in [9.17, 15) is 0 Å². The predicted octanol–water partition coefficient (Wildman–Crippen LogP) is 4.67. The van der Waals surface area contributed by atoms with Crippen molar-refractivity contribution in [3.05, 3.63) is 57.7 Å². The Hall–Kier alpha value is -1.06. The van der Waals surface area contributed by atoms with Gasteiger partial charge in [0.1, 0.15) is 5.82 Å². The van der Waals surface area contributed by atoms with Crippen molar-refractivity contribution in [2.45, 2.75) is 13.0 Å². The standard InChI is InChI=1S/C13H12BrClN2/c1-9(10-5-3-2-4-6-10)17-13-12(14)7-11(15)8-16-13/h2-9H,1H3,(H,16,17). The molecule has 88 valence electrons. The van der Waals surface area contributed by atoms with Gasteiger partial charge in [-0.05, 0) is 34.5 Å². The average Bonchev–Trinajstić information content (AvgIpc) is 2.34. The van der Waals surface area contributed by atoms with E-state index >= 15 is 0 Å².